The summed E-state index contributed by atoms with van der Waals surface area (Å²) in [5.41, 5.74) is 0.710. The molecule has 0 N–H and O–H groups in total. The Hall–Kier alpha value is -1.17. The van der Waals surface area contributed by atoms with Crippen molar-refractivity contribution in [3.63, 3.8) is 0 Å². The molecule has 2 aromatic carbocycles. The molecule has 0 saturated carbocycles. The van der Waals surface area contributed by atoms with Gasteiger partial charge in [-0.05, 0) is 0 Å². The van der Waals surface area contributed by atoms with Crippen LogP contribution in [-0.2, 0) is 18.6 Å². The van der Waals surface area contributed by atoms with Crippen molar-refractivity contribution in [2.24, 2.45) is 0 Å². The van der Waals surface area contributed by atoms with E-state index in [1.807, 2.05) is 0 Å². The minimum absolute atomic E-state index is 0.0955. The van der Waals surface area contributed by atoms with Gasteiger partial charge in [-0.25, -0.2) is 0 Å². The van der Waals surface area contributed by atoms with Crippen LogP contribution in [0.5, 0.6) is 0 Å². The van der Waals surface area contributed by atoms with Gasteiger partial charge in [0.1, 0.15) is 0 Å². The van der Waals surface area contributed by atoms with Gasteiger partial charge in [-0.1, -0.05) is 0 Å². The molecule has 0 nitrogen and oxygen atoms in total. The average Bonchev–Trinajstić information content (AvgIpc) is 3.11. The fraction of sp³-hybridized carbons (Fsp3) is 0.238. The van der Waals surface area contributed by atoms with Gasteiger partial charge >= 0.3 is 150 Å². The first kappa shape index (κ1) is 16.7. The van der Waals surface area contributed by atoms with Crippen LogP contribution in [0.25, 0.3) is 0 Å². The molecule has 0 bridgehead atoms. The standard InChI is InChI=1S/C16H19Si.C5H5.Pt/c1-14(2)17(3,15-10-6-4-7-11-15)16-12-8-5-9-13-16;1-2-4-5-3-1;/h4-14H,3H2,1-2H3;1-3H,4H2;. The number of hydrogen-bond donors (Lipinski definition) is 0. The summed E-state index contributed by atoms with van der Waals surface area (Å²) in [6, 6.07) is 22.7. The van der Waals surface area contributed by atoms with Crippen molar-refractivity contribution < 1.29 is 18.6 Å². The van der Waals surface area contributed by atoms with Gasteiger partial charge < -0.3 is 0 Å². The Labute approximate surface area is 149 Å². The molecule has 1 aliphatic carbocycles. The van der Waals surface area contributed by atoms with E-state index in [1.165, 1.54) is 10.9 Å². The van der Waals surface area contributed by atoms with E-state index in [9.17, 15) is 0 Å². The summed E-state index contributed by atoms with van der Waals surface area (Å²) in [6.45, 7) is 4.88. The Bertz CT molecular complexity index is 647. The zero-order valence-electron chi connectivity index (χ0n) is 13.8. The van der Waals surface area contributed by atoms with E-state index < -0.39 is 8.07 Å². The third kappa shape index (κ3) is 3.51. The van der Waals surface area contributed by atoms with Gasteiger partial charge in [0.2, 0.25) is 0 Å². The van der Waals surface area contributed by atoms with Gasteiger partial charge in [-0.3, -0.25) is 0 Å². The molecular weight excluding hydrogens is 475 g/mol. The van der Waals surface area contributed by atoms with Gasteiger partial charge in [0.05, 0.1) is 0 Å². The second-order valence-corrected chi connectivity index (χ2v) is 15.4. The zero-order valence-corrected chi connectivity index (χ0v) is 17.1. The third-order valence-electron chi connectivity index (χ3n) is 4.64. The normalized spacial score (nSPS) is 14.5. The van der Waals surface area contributed by atoms with Crippen molar-refractivity contribution in [2.45, 2.75) is 30.2 Å². The Morgan fingerprint density at radius 2 is 1.48 bits per heavy atom. The third-order valence-corrected chi connectivity index (χ3v) is 16.7. The number of rotatable bonds is 6. The van der Waals surface area contributed by atoms with E-state index >= 15 is 0 Å². The van der Waals surface area contributed by atoms with Crippen LogP contribution < -0.4 is 10.4 Å². The van der Waals surface area contributed by atoms with Crippen LogP contribution in [-0.4, -0.2) is 8.07 Å². The van der Waals surface area contributed by atoms with Crippen LogP contribution in [0.3, 0.4) is 0 Å². The molecule has 0 spiro atoms. The molecule has 2 heteroatoms. The molecule has 2 aromatic rings. The van der Waals surface area contributed by atoms with E-state index in [2.05, 4.69) is 92.7 Å². The monoisotopic (exact) mass is 499 g/mol. The molecule has 0 atom stereocenters. The average molecular weight is 500 g/mol. The molecule has 0 radical (unpaired) electrons. The molecule has 1 aliphatic rings. The first-order valence-electron chi connectivity index (χ1n) is 8.22. The van der Waals surface area contributed by atoms with Crippen LogP contribution in [0.15, 0.2) is 82.9 Å². The van der Waals surface area contributed by atoms with Crippen molar-refractivity contribution in [1.82, 2.24) is 0 Å². The van der Waals surface area contributed by atoms with Gasteiger partial charge in [0.25, 0.3) is 0 Å². The minimum atomic E-state index is -1.71. The maximum atomic E-state index is 2.44. The first-order valence-corrected chi connectivity index (χ1v) is 13.2. The number of benzene rings is 2. The number of hydrogen-bond acceptors (Lipinski definition) is 0. The Morgan fingerprint density at radius 3 is 1.91 bits per heavy atom. The fourth-order valence-corrected chi connectivity index (χ4v) is 17.4. The van der Waals surface area contributed by atoms with Crippen LogP contribution in [0.4, 0.5) is 0 Å². The van der Waals surface area contributed by atoms with Crippen LogP contribution in [0, 0.1) is 0 Å². The molecule has 3 rings (SSSR count). The quantitative estimate of drug-likeness (QED) is 0.512. The number of allylic oxidation sites excluding steroid dienone is 4. The molecule has 0 heterocycles. The van der Waals surface area contributed by atoms with Crippen LogP contribution >= 0.6 is 0 Å². The summed E-state index contributed by atoms with van der Waals surface area (Å²) in [4.78, 5) is 0. The van der Waals surface area contributed by atoms with Crippen molar-refractivity contribution in [3.8, 4) is 0 Å². The summed E-state index contributed by atoms with van der Waals surface area (Å²) in [7, 11) is -1.71. The van der Waals surface area contributed by atoms with Crippen molar-refractivity contribution in [2.75, 3.05) is 0 Å². The summed E-state index contributed by atoms with van der Waals surface area (Å²) in [6.07, 6.45) is 8.10. The Balaban J connectivity index is 2.03. The van der Waals surface area contributed by atoms with E-state index in [-0.39, 0.29) is 18.6 Å². The Kier molecular flexibility index (Phi) is 5.51. The molecule has 0 fully saturated rings. The van der Waals surface area contributed by atoms with Crippen molar-refractivity contribution >= 4 is 18.4 Å². The summed E-state index contributed by atoms with van der Waals surface area (Å²) >= 11 is 0.0955. The topological polar surface area (TPSA) is 0 Å². The Morgan fingerprint density at radius 1 is 0.913 bits per heavy atom. The molecule has 23 heavy (non-hydrogen) atoms. The molecule has 0 aliphatic heterocycles. The fourth-order valence-electron chi connectivity index (χ4n) is 3.21. The predicted octanol–water partition coefficient (Wildman–Crippen LogP) is 4.54. The van der Waals surface area contributed by atoms with Crippen molar-refractivity contribution in [1.29, 1.82) is 0 Å². The van der Waals surface area contributed by atoms with E-state index in [1.54, 1.807) is 14.3 Å². The second kappa shape index (κ2) is 7.60. The van der Waals surface area contributed by atoms with Gasteiger partial charge in [-0.2, -0.15) is 0 Å². The molecule has 122 valence electrons. The summed E-state index contributed by atoms with van der Waals surface area (Å²) in [5, 5.41) is 3.21. The molecule has 0 unspecified atom stereocenters. The van der Waals surface area contributed by atoms with Gasteiger partial charge in [-0.15, -0.1) is 0 Å². The zero-order chi connectivity index (χ0) is 16.1. The summed E-state index contributed by atoms with van der Waals surface area (Å²) in [5.74, 6) is 0. The maximum absolute atomic E-state index is 2.44. The van der Waals surface area contributed by atoms with Gasteiger partial charge in [0.15, 0.2) is 0 Å². The van der Waals surface area contributed by atoms with Crippen LogP contribution in [0.1, 0.15) is 20.3 Å². The van der Waals surface area contributed by atoms with E-state index in [0.717, 1.165) is 0 Å². The first-order chi connectivity index (χ1) is 11.2. The SMILES string of the molecule is CC(C)[Si]([CH2][Pt][C]1=CC=CC1)(c1ccccc1)c1ccccc1. The van der Waals surface area contributed by atoms with Gasteiger partial charge in [0, 0.05) is 0 Å². The van der Waals surface area contributed by atoms with Crippen molar-refractivity contribution in [3.05, 3.63) is 82.9 Å². The van der Waals surface area contributed by atoms with E-state index in [4.69, 9.17) is 0 Å². The molecule has 0 aromatic heterocycles. The molecular formula is C21H24PtSi. The molecule has 0 saturated heterocycles. The summed E-state index contributed by atoms with van der Waals surface area (Å²) < 4.78 is 3.11. The second-order valence-electron chi connectivity index (χ2n) is 6.29. The van der Waals surface area contributed by atoms with E-state index in [0.29, 0.717) is 5.54 Å². The molecule has 0 amide bonds. The van der Waals surface area contributed by atoms with Crippen LogP contribution in [0.2, 0.25) is 9.97 Å². The predicted molar refractivity (Wildman–Crippen MR) is 99.7 cm³/mol.